The minimum absolute atomic E-state index is 0.0793. The van der Waals surface area contributed by atoms with Crippen LogP contribution in [0.25, 0.3) is 11.4 Å². The van der Waals surface area contributed by atoms with E-state index < -0.39 is 0 Å². The van der Waals surface area contributed by atoms with E-state index in [1.54, 1.807) is 0 Å². The van der Waals surface area contributed by atoms with Gasteiger partial charge in [-0.2, -0.15) is 0 Å². The molecule has 1 aromatic carbocycles. The van der Waals surface area contributed by atoms with E-state index in [2.05, 4.69) is 38.4 Å². The number of tetrazole rings is 1. The van der Waals surface area contributed by atoms with Crippen molar-refractivity contribution in [2.75, 3.05) is 5.73 Å². The van der Waals surface area contributed by atoms with Crippen LogP contribution in [0.4, 0.5) is 5.69 Å². The molecule has 0 atom stereocenters. The van der Waals surface area contributed by atoms with Gasteiger partial charge in [0.15, 0.2) is 5.82 Å². The van der Waals surface area contributed by atoms with Crippen molar-refractivity contribution in [2.45, 2.75) is 25.3 Å². The molecule has 1 heterocycles. The molecule has 2 N–H and O–H groups in total. The van der Waals surface area contributed by atoms with Crippen LogP contribution >= 0.6 is 15.9 Å². The van der Waals surface area contributed by atoms with Crippen molar-refractivity contribution in [1.29, 1.82) is 0 Å². The van der Waals surface area contributed by atoms with Crippen LogP contribution in [0, 0.1) is 0 Å². The molecule has 0 saturated heterocycles. The van der Waals surface area contributed by atoms with Crippen LogP contribution in [0.1, 0.15) is 19.8 Å². The van der Waals surface area contributed by atoms with Gasteiger partial charge in [-0.1, -0.05) is 15.9 Å². The first-order chi connectivity index (χ1) is 8.08. The summed E-state index contributed by atoms with van der Waals surface area (Å²) in [7, 11) is 0. The first kappa shape index (κ1) is 10.7. The number of rotatable bonds is 2. The zero-order valence-electron chi connectivity index (χ0n) is 9.39. The molecule has 6 heteroatoms. The number of nitrogens with zero attached hydrogens (tertiary/aromatic N) is 4. The third-order valence-corrected chi connectivity index (χ3v) is 3.59. The minimum Gasteiger partial charge on any atom is -0.399 e. The summed E-state index contributed by atoms with van der Waals surface area (Å²) >= 11 is 3.43. The highest BCUT2D eigenvalue weighted by Gasteiger charge is 2.42. The summed E-state index contributed by atoms with van der Waals surface area (Å²) in [6.07, 6.45) is 2.24. The van der Waals surface area contributed by atoms with E-state index in [0.29, 0.717) is 5.69 Å². The molecule has 1 aliphatic rings. The number of halogens is 1. The lowest BCUT2D eigenvalue weighted by Crippen LogP contribution is -2.15. The molecule has 17 heavy (non-hydrogen) atoms. The zero-order chi connectivity index (χ0) is 12.0. The topological polar surface area (TPSA) is 69.6 Å². The SMILES string of the molecule is CC1(n2nnnc2-c2cc(N)cc(Br)c2)CC1. The molecule has 88 valence electrons. The fourth-order valence-electron chi connectivity index (χ4n) is 1.86. The van der Waals surface area contributed by atoms with Gasteiger partial charge in [-0.25, -0.2) is 4.68 Å². The second-order valence-corrected chi connectivity index (χ2v) is 5.60. The lowest BCUT2D eigenvalue weighted by atomic mass is 10.2. The predicted molar refractivity (Wildman–Crippen MR) is 68.2 cm³/mol. The molecule has 1 fully saturated rings. The van der Waals surface area contributed by atoms with E-state index in [9.17, 15) is 0 Å². The summed E-state index contributed by atoms with van der Waals surface area (Å²) in [5.74, 6) is 0.776. The number of hydrogen-bond acceptors (Lipinski definition) is 4. The number of nitrogen functional groups attached to an aromatic ring is 1. The van der Waals surface area contributed by atoms with Crippen LogP contribution in [-0.4, -0.2) is 20.2 Å². The third kappa shape index (κ3) is 1.82. The van der Waals surface area contributed by atoms with Crippen LogP contribution in [0.3, 0.4) is 0 Å². The number of hydrogen-bond donors (Lipinski definition) is 1. The highest BCUT2D eigenvalue weighted by molar-refractivity contribution is 9.10. The summed E-state index contributed by atoms with van der Waals surface area (Å²) in [6.45, 7) is 2.16. The van der Waals surface area contributed by atoms with Crippen molar-refractivity contribution in [3.63, 3.8) is 0 Å². The summed E-state index contributed by atoms with van der Waals surface area (Å²) < 4.78 is 2.83. The second-order valence-electron chi connectivity index (χ2n) is 4.68. The summed E-state index contributed by atoms with van der Waals surface area (Å²) in [5.41, 5.74) is 7.55. The molecule has 0 bridgehead atoms. The Hall–Kier alpha value is -1.43. The van der Waals surface area contributed by atoms with Gasteiger partial charge in [-0.3, -0.25) is 0 Å². The van der Waals surface area contributed by atoms with Crippen molar-refractivity contribution in [1.82, 2.24) is 20.2 Å². The molecule has 0 radical (unpaired) electrons. The summed E-state index contributed by atoms with van der Waals surface area (Å²) in [6, 6.07) is 5.72. The normalized spacial score (nSPS) is 17.1. The first-order valence-electron chi connectivity index (χ1n) is 5.44. The highest BCUT2D eigenvalue weighted by Crippen LogP contribution is 2.44. The van der Waals surface area contributed by atoms with E-state index >= 15 is 0 Å². The van der Waals surface area contributed by atoms with Gasteiger partial charge in [0.2, 0.25) is 0 Å². The predicted octanol–water partition coefficient (Wildman–Crippen LogP) is 2.19. The van der Waals surface area contributed by atoms with Crippen LogP contribution in [0.2, 0.25) is 0 Å². The van der Waals surface area contributed by atoms with Crippen LogP contribution < -0.4 is 5.73 Å². The minimum atomic E-state index is 0.0793. The molecule has 5 nitrogen and oxygen atoms in total. The zero-order valence-corrected chi connectivity index (χ0v) is 11.0. The largest absolute Gasteiger partial charge is 0.399 e. The van der Waals surface area contributed by atoms with Crippen molar-refractivity contribution in [3.05, 3.63) is 22.7 Å². The maximum Gasteiger partial charge on any atom is 0.182 e. The van der Waals surface area contributed by atoms with E-state index in [-0.39, 0.29) is 5.54 Å². The van der Waals surface area contributed by atoms with Crippen LogP contribution in [0.5, 0.6) is 0 Å². The Morgan fingerprint density at radius 3 is 2.76 bits per heavy atom. The van der Waals surface area contributed by atoms with E-state index in [4.69, 9.17) is 5.73 Å². The van der Waals surface area contributed by atoms with Gasteiger partial charge < -0.3 is 5.73 Å². The fourth-order valence-corrected chi connectivity index (χ4v) is 2.38. The molecular weight excluding hydrogens is 282 g/mol. The molecule has 2 aromatic rings. The number of benzene rings is 1. The number of nitrogens with two attached hydrogens (primary N) is 1. The molecular formula is C11H12BrN5. The van der Waals surface area contributed by atoms with Gasteiger partial charge >= 0.3 is 0 Å². The second kappa shape index (κ2) is 3.53. The van der Waals surface area contributed by atoms with Crippen molar-refractivity contribution in [3.8, 4) is 11.4 Å². The van der Waals surface area contributed by atoms with Gasteiger partial charge in [-0.15, -0.1) is 5.10 Å². The smallest absolute Gasteiger partial charge is 0.182 e. The lowest BCUT2D eigenvalue weighted by Gasteiger charge is -2.11. The molecule has 0 amide bonds. The monoisotopic (exact) mass is 293 g/mol. The van der Waals surface area contributed by atoms with Crippen LogP contribution in [-0.2, 0) is 5.54 Å². The molecule has 0 spiro atoms. The first-order valence-corrected chi connectivity index (χ1v) is 6.23. The number of anilines is 1. The average molecular weight is 294 g/mol. The third-order valence-electron chi connectivity index (χ3n) is 3.13. The van der Waals surface area contributed by atoms with Gasteiger partial charge in [-0.05, 0) is 48.4 Å². The molecule has 3 rings (SSSR count). The standard InChI is InChI=1S/C11H12BrN5/c1-11(2-3-11)17-10(14-15-16-17)7-4-8(12)6-9(13)5-7/h4-6H,2-3,13H2,1H3. The van der Waals surface area contributed by atoms with Gasteiger partial charge in [0.25, 0.3) is 0 Å². The quantitative estimate of drug-likeness (QED) is 0.862. The average Bonchev–Trinajstić information content (AvgIpc) is 2.81. The number of aromatic nitrogens is 4. The highest BCUT2D eigenvalue weighted by atomic mass is 79.9. The summed E-state index contributed by atoms with van der Waals surface area (Å²) in [5, 5.41) is 12.0. The molecule has 1 saturated carbocycles. The Kier molecular flexibility index (Phi) is 2.22. The maximum absolute atomic E-state index is 5.83. The van der Waals surface area contributed by atoms with E-state index in [1.807, 2.05) is 22.9 Å². The molecule has 1 aromatic heterocycles. The summed E-state index contributed by atoms with van der Waals surface area (Å²) in [4.78, 5) is 0. The Labute approximate surface area is 107 Å². The van der Waals surface area contributed by atoms with Gasteiger partial charge in [0, 0.05) is 15.7 Å². The lowest BCUT2D eigenvalue weighted by molar-refractivity contribution is 0.463. The molecule has 1 aliphatic carbocycles. The fraction of sp³-hybridized carbons (Fsp3) is 0.364. The molecule has 0 aliphatic heterocycles. The Morgan fingerprint density at radius 1 is 1.35 bits per heavy atom. The molecule has 0 unspecified atom stereocenters. The van der Waals surface area contributed by atoms with Gasteiger partial charge in [0.1, 0.15) is 0 Å². The Bertz CT molecular complexity index is 553. The Balaban J connectivity index is 2.12. The van der Waals surface area contributed by atoms with Crippen molar-refractivity contribution in [2.24, 2.45) is 0 Å². The van der Waals surface area contributed by atoms with E-state index in [1.165, 1.54) is 0 Å². The van der Waals surface area contributed by atoms with Crippen molar-refractivity contribution < 1.29 is 0 Å². The Morgan fingerprint density at radius 2 is 2.12 bits per heavy atom. The van der Waals surface area contributed by atoms with Crippen molar-refractivity contribution >= 4 is 21.6 Å². The van der Waals surface area contributed by atoms with Crippen LogP contribution in [0.15, 0.2) is 22.7 Å². The van der Waals surface area contributed by atoms with E-state index in [0.717, 1.165) is 28.7 Å². The maximum atomic E-state index is 5.83. The van der Waals surface area contributed by atoms with Gasteiger partial charge in [0.05, 0.1) is 5.54 Å².